The van der Waals surface area contributed by atoms with Gasteiger partial charge in [-0.1, -0.05) is 95.0 Å². The van der Waals surface area contributed by atoms with Crippen molar-refractivity contribution in [2.75, 3.05) is 19.8 Å². The van der Waals surface area contributed by atoms with Gasteiger partial charge in [0.2, 0.25) is 0 Å². The maximum Gasteiger partial charge on any atom is 0.163 e. The number of hydrogen-bond acceptors (Lipinski definition) is 5. The number of benzene rings is 1. The standard InChI is InChI=1S/C34H50O4S/c1-11-13-27(6)39-28(7)29-20-30(22-32(21-29)38-23-31(35)16-18-37-17-12-2)33(36)19-25(4)24(3)14-15-26(5)34(8,9)10/h11,13-15,20-22,25,31,35H,1,7,12,16-19,23H2,2-6,8-10H3/b24-14+,26-15+,27-13-/t25-,31+/m0/s1. The van der Waals surface area contributed by atoms with Crippen LogP contribution in [-0.4, -0.2) is 36.8 Å². The quantitative estimate of drug-likeness (QED) is 0.118. The van der Waals surface area contributed by atoms with Gasteiger partial charge in [0, 0.05) is 30.1 Å². The van der Waals surface area contributed by atoms with Crippen LogP contribution in [-0.2, 0) is 4.74 Å². The van der Waals surface area contributed by atoms with Crippen molar-refractivity contribution in [3.05, 3.63) is 82.8 Å². The first kappa shape index (κ1) is 34.7. The highest BCUT2D eigenvalue weighted by atomic mass is 32.2. The number of thioether (sulfide) groups is 1. The smallest absolute Gasteiger partial charge is 0.163 e. The topological polar surface area (TPSA) is 55.8 Å². The van der Waals surface area contributed by atoms with Crippen molar-refractivity contribution in [1.82, 2.24) is 0 Å². The number of carbonyl (C=O) groups is 1. The highest BCUT2D eigenvalue weighted by Crippen LogP contribution is 2.35. The summed E-state index contributed by atoms with van der Waals surface area (Å²) >= 11 is 1.52. The number of carbonyl (C=O) groups excluding carboxylic acids is 1. The first-order chi connectivity index (χ1) is 18.3. The fourth-order valence-electron chi connectivity index (χ4n) is 3.43. The van der Waals surface area contributed by atoms with Crippen LogP contribution in [0.25, 0.3) is 4.91 Å². The third-order valence-corrected chi connectivity index (χ3v) is 7.56. The van der Waals surface area contributed by atoms with Crippen LogP contribution in [0.1, 0.15) is 90.6 Å². The van der Waals surface area contributed by atoms with E-state index in [9.17, 15) is 9.90 Å². The summed E-state index contributed by atoms with van der Waals surface area (Å²) in [6.45, 7) is 26.2. The Morgan fingerprint density at radius 1 is 1.08 bits per heavy atom. The van der Waals surface area contributed by atoms with E-state index in [2.05, 4.69) is 73.8 Å². The van der Waals surface area contributed by atoms with E-state index in [1.54, 1.807) is 12.1 Å². The molecule has 0 fully saturated rings. The van der Waals surface area contributed by atoms with Gasteiger partial charge in [-0.25, -0.2) is 0 Å². The van der Waals surface area contributed by atoms with Crippen molar-refractivity contribution >= 4 is 22.5 Å². The van der Waals surface area contributed by atoms with E-state index in [-0.39, 0.29) is 23.7 Å². The minimum absolute atomic E-state index is 0.0446. The predicted molar refractivity (Wildman–Crippen MR) is 169 cm³/mol. The predicted octanol–water partition coefficient (Wildman–Crippen LogP) is 9.18. The van der Waals surface area contributed by atoms with Gasteiger partial charge in [0.05, 0.1) is 6.10 Å². The molecule has 0 bridgehead atoms. The van der Waals surface area contributed by atoms with Crippen molar-refractivity contribution in [2.24, 2.45) is 11.3 Å². The number of hydrogen-bond donors (Lipinski definition) is 1. The lowest BCUT2D eigenvalue weighted by atomic mass is 9.86. The highest BCUT2D eigenvalue weighted by molar-refractivity contribution is 8.11. The van der Waals surface area contributed by atoms with Gasteiger partial charge < -0.3 is 14.6 Å². The van der Waals surface area contributed by atoms with Crippen LogP contribution < -0.4 is 4.74 Å². The molecule has 1 aromatic carbocycles. The zero-order valence-electron chi connectivity index (χ0n) is 25.4. The van der Waals surface area contributed by atoms with Crippen LogP contribution in [0.5, 0.6) is 5.75 Å². The second-order valence-corrected chi connectivity index (χ2v) is 12.5. The molecule has 4 nitrogen and oxygen atoms in total. The molecule has 0 amide bonds. The Bertz CT molecular complexity index is 1060. The Morgan fingerprint density at radius 2 is 1.74 bits per heavy atom. The summed E-state index contributed by atoms with van der Waals surface area (Å²) in [4.78, 5) is 15.3. The van der Waals surface area contributed by atoms with Crippen molar-refractivity contribution in [3.63, 3.8) is 0 Å². The lowest BCUT2D eigenvalue weighted by Crippen LogP contribution is -2.20. The van der Waals surface area contributed by atoms with Crippen molar-refractivity contribution in [2.45, 2.75) is 80.8 Å². The number of allylic oxidation sites excluding steroid dienone is 7. The van der Waals surface area contributed by atoms with E-state index in [0.29, 0.717) is 37.4 Å². The maximum absolute atomic E-state index is 13.4. The minimum Gasteiger partial charge on any atom is -0.491 e. The summed E-state index contributed by atoms with van der Waals surface area (Å²) in [6.07, 6.45) is 9.12. The number of aliphatic hydroxyl groups excluding tert-OH is 1. The zero-order chi connectivity index (χ0) is 29.6. The number of ether oxygens (including phenoxy) is 2. The molecule has 0 radical (unpaired) electrons. The van der Waals surface area contributed by atoms with E-state index < -0.39 is 6.10 Å². The molecule has 0 spiro atoms. The van der Waals surface area contributed by atoms with E-state index in [1.807, 2.05) is 25.1 Å². The fourth-order valence-corrected chi connectivity index (χ4v) is 4.22. The van der Waals surface area contributed by atoms with Gasteiger partial charge in [-0.2, -0.15) is 0 Å². The second-order valence-electron chi connectivity index (χ2n) is 11.2. The largest absolute Gasteiger partial charge is 0.491 e. The number of ketones is 1. The monoisotopic (exact) mass is 554 g/mol. The fraction of sp³-hybridized carbons (Fsp3) is 0.500. The highest BCUT2D eigenvalue weighted by Gasteiger charge is 2.17. The van der Waals surface area contributed by atoms with E-state index in [1.165, 1.54) is 17.3 Å². The Kier molecular flexibility index (Phi) is 15.5. The van der Waals surface area contributed by atoms with E-state index in [4.69, 9.17) is 9.47 Å². The molecular formula is C34H50O4S. The molecule has 5 heteroatoms. The normalized spacial score (nSPS) is 14.6. The third kappa shape index (κ3) is 13.5. The molecule has 0 unspecified atom stereocenters. The molecule has 1 aromatic rings. The molecule has 1 N–H and O–H groups in total. The molecular weight excluding hydrogens is 504 g/mol. The molecule has 0 aliphatic carbocycles. The van der Waals surface area contributed by atoms with Crippen LogP contribution in [0.4, 0.5) is 0 Å². The number of aliphatic hydroxyl groups is 1. The van der Waals surface area contributed by atoms with Crippen molar-refractivity contribution in [3.8, 4) is 5.75 Å². The molecule has 39 heavy (non-hydrogen) atoms. The SMILES string of the molecule is C=C/C=C(/C)SC(=C)c1cc(OC[C@H](O)CCOCCC)cc(C(=O)C[C@H](C)/C(C)=C/C=C(\C)C(C)(C)C)c1. The van der Waals surface area contributed by atoms with Crippen LogP contribution in [0.15, 0.2) is 71.7 Å². The molecule has 0 saturated carbocycles. The van der Waals surface area contributed by atoms with Gasteiger partial charge in [0.25, 0.3) is 0 Å². The Balaban J connectivity index is 3.13. The number of Topliss-reactive ketones (excluding diaryl/α,β-unsaturated/α-hetero) is 1. The van der Waals surface area contributed by atoms with Gasteiger partial charge in [-0.05, 0) is 73.6 Å². The summed E-state index contributed by atoms with van der Waals surface area (Å²) in [5.41, 5.74) is 3.98. The molecule has 0 aliphatic rings. The molecule has 216 valence electrons. The molecule has 0 aromatic heterocycles. The molecule has 0 heterocycles. The van der Waals surface area contributed by atoms with Crippen LogP contribution >= 0.6 is 11.8 Å². The van der Waals surface area contributed by atoms with Gasteiger partial charge in [-0.15, -0.1) is 0 Å². The summed E-state index contributed by atoms with van der Waals surface area (Å²) in [5.74, 6) is 0.679. The molecule has 0 aliphatic heterocycles. The van der Waals surface area contributed by atoms with Crippen LogP contribution in [0.2, 0.25) is 0 Å². The van der Waals surface area contributed by atoms with Crippen molar-refractivity contribution < 1.29 is 19.4 Å². The van der Waals surface area contributed by atoms with E-state index in [0.717, 1.165) is 27.4 Å². The summed E-state index contributed by atoms with van der Waals surface area (Å²) in [5, 5.41) is 10.3. The molecule has 1 rings (SSSR count). The Labute approximate surface area is 242 Å². The summed E-state index contributed by atoms with van der Waals surface area (Å²) in [7, 11) is 0. The van der Waals surface area contributed by atoms with Crippen molar-refractivity contribution in [1.29, 1.82) is 0 Å². The second kappa shape index (κ2) is 17.4. The lowest BCUT2D eigenvalue weighted by molar-refractivity contribution is 0.0554. The van der Waals surface area contributed by atoms with E-state index >= 15 is 0 Å². The molecule has 2 atom stereocenters. The Morgan fingerprint density at radius 3 is 2.36 bits per heavy atom. The first-order valence-corrected chi connectivity index (χ1v) is 14.7. The average molecular weight is 555 g/mol. The van der Waals surface area contributed by atoms with Crippen LogP contribution in [0, 0.1) is 11.3 Å². The Hall–Kier alpha value is -2.34. The maximum atomic E-state index is 13.4. The first-order valence-electron chi connectivity index (χ1n) is 13.9. The summed E-state index contributed by atoms with van der Waals surface area (Å²) < 4.78 is 11.4. The van der Waals surface area contributed by atoms with Crippen LogP contribution in [0.3, 0.4) is 0 Å². The van der Waals surface area contributed by atoms with Gasteiger partial charge in [-0.3, -0.25) is 4.79 Å². The summed E-state index contributed by atoms with van der Waals surface area (Å²) in [6, 6.07) is 5.53. The third-order valence-electron chi connectivity index (χ3n) is 6.62. The van der Waals surface area contributed by atoms with Gasteiger partial charge >= 0.3 is 0 Å². The average Bonchev–Trinajstić information content (AvgIpc) is 2.87. The lowest BCUT2D eigenvalue weighted by Gasteiger charge is -2.19. The van der Waals surface area contributed by atoms with Gasteiger partial charge in [0.1, 0.15) is 12.4 Å². The zero-order valence-corrected chi connectivity index (χ0v) is 26.2. The number of rotatable bonds is 17. The van der Waals surface area contributed by atoms with Gasteiger partial charge in [0.15, 0.2) is 5.78 Å². The molecule has 0 saturated heterocycles. The minimum atomic E-state index is -0.655.